The summed E-state index contributed by atoms with van der Waals surface area (Å²) in [5.74, 6) is 0. The monoisotopic (exact) mass is 309 g/mol. The zero-order chi connectivity index (χ0) is 16.0. The third-order valence-electron chi connectivity index (χ3n) is 4.08. The molecular weight excluding hydrogens is 275 g/mol. The molecule has 0 fully saturated rings. The highest BCUT2D eigenvalue weighted by Crippen LogP contribution is 2.23. The number of hydrogen-bond acceptors (Lipinski definition) is 1. The van der Waals surface area contributed by atoms with Crippen molar-refractivity contribution in [2.24, 2.45) is 0 Å². The molecule has 0 heterocycles. The summed E-state index contributed by atoms with van der Waals surface area (Å²) in [4.78, 5) is 0. The van der Waals surface area contributed by atoms with Gasteiger partial charge in [-0.25, -0.2) is 0 Å². The van der Waals surface area contributed by atoms with Crippen molar-refractivity contribution < 1.29 is 13.2 Å². The first-order valence-electron chi connectivity index (χ1n) is 8.73. The predicted octanol–water partition coefficient (Wildman–Crippen LogP) is 6.23. The summed E-state index contributed by atoms with van der Waals surface area (Å²) < 4.78 is 36.3. The Morgan fingerprint density at radius 1 is 0.762 bits per heavy atom. The molecule has 0 spiro atoms. The van der Waals surface area contributed by atoms with Crippen LogP contribution in [-0.4, -0.2) is 19.3 Å². The standard InChI is InChI=1S/C17H34F3N/c1-3-4-5-6-7-8-9-10-11-13-16(21-2)14-12-15-17(18,19)20/h16,21H,3-15H2,1-2H3. The smallest absolute Gasteiger partial charge is 0.317 e. The first-order valence-corrected chi connectivity index (χ1v) is 8.73. The Morgan fingerprint density at radius 2 is 1.24 bits per heavy atom. The quantitative estimate of drug-likeness (QED) is 0.375. The number of nitrogens with one attached hydrogen (secondary N) is 1. The molecule has 0 saturated carbocycles. The van der Waals surface area contributed by atoms with E-state index in [4.69, 9.17) is 0 Å². The van der Waals surface area contributed by atoms with Gasteiger partial charge >= 0.3 is 6.18 Å². The van der Waals surface area contributed by atoms with Gasteiger partial charge in [0.1, 0.15) is 0 Å². The maximum absolute atomic E-state index is 12.1. The van der Waals surface area contributed by atoms with Crippen LogP contribution in [-0.2, 0) is 0 Å². The molecule has 0 aromatic carbocycles. The molecular formula is C17H34F3N. The molecule has 0 aromatic heterocycles. The molecule has 0 radical (unpaired) electrons. The van der Waals surface area contributed by atoms with Gasteiger partial charge in [-0.05, 0) is 26.3 Å². The zero-order valence-electron chi connectivity index (χ0n) is 13.9. The Balaban J connectivity index is 3.39. The molecule has 21 heavy (non-hydrogen) atoms. The zero-order valence-corrected chi connectivity index (χ0v) is 13.9. The minimum absolute atomic E-state index is 0.242. The summed E-state index contributed by atoms with van der Waals surface area (Å²) in [7, 11) is 1.85. The van der Waals surface area contributed by atoms with Gasteiger partial charge in [-0.1, -0.05) is 64.7 Å². The van der Waals surface area contributed by atoms with Crippen LogP contribution in [0.3, 0.4) is 0 Å². The maximum atomic E-state index is 12.1. The molecule has 1 nitrogen and oxygen atoms in total. The molecule has 0 aliphatic carbocycles. The van der Waals surface area contributed by atoms with E-state index in [-0.39, 0.29) is 12.5 Å². The Labute approximate surface area is 129 Å². The largest absolute Gasteiger partial charge is 0.389 e. The average molecular weight is 309 g/mol. The maximum Gasteiger partial charge on any atom is 0.389 e. The molecule has 0 saturated heterocycles. The van der Waals surface area contributed by atoms with Crippen LogP contribution in [0.2, 0.25) is 0 Å². The predicted molar refractivity (Wildman–Crippen MR) is 84.6 cm³/mol. The minimum Gasteiger partial charge on any atom is -0.317 e. The van der Waals surface area contributed by atoms with Crippen molar-refractivity contribution in [1.82, 2.24) is 5.32 Å². The first-order chi connectivity index (χ1) is 9.99. The van der Waals surface area contributed by atoms with Crippen molar-refractivity contribution in [2.75, 3.05) is 7.05 Å². The highest BCUT2D eigenvalue weighted by atomic mass is 19.4. The van der Waals surface area contributed by atoms with Crippen LogP contribution in [0, 0.1) is 0 Å². The minimum atomic E-state index is -4.00. The molecule has 0 amide bonds. The van der Waals surface area contributed by atoms with Gasteiger partial charge in [-0.15, -0.1) is 0 Å². The Morgan fingerprint density at radius 3 is 1.71 bits per heavy atom. The van der Waals surface area contributed by atoms with E-state index >= 15 is 0 Å². The van der Waals surface area contributed by atoms with Crippen LogP contribution in [0.1, 0.15) is 90.4 Å². The molecule has 0 aliphatic rings. The summed E-state index contributed by atoms with van der Waals surface area (Å²) in [5, 5.41) is 3.15. The fraction of sp³-hybridized carbons (Fsp3) is 1.00. The lowest BCUT2D eigenvalue weighted by molar-refractivity contribution is -0.135. The van der Waals surface area contributed by atoms with Gasteiger partial charge in [-0.3, -0.25) is 0 Å². The van der Waals surface area contributed by atoms with Crippen molar-refractivity contribution in [2.45, 2.75) is 103 Å². The molecule has 0 rings (SSSR count). The normalized spacial score (nSPS) is 13.6. The molecule has 0 bridgehead atoms. The summed E-state index contributed by atoms with van der Waals surface area (Å²) in [5.41, 5.74) is 0. The number of hydrogen-bond donors (Lipinski definition) is 1. The summed E-state index contributed by atoms with van der Waals surface area (Å²) in [6, 6.07) is 0.247. The Bertz CT molecular complexity index is 217. The van der Waals surface area contributed by atoms with Gasteiger partial charge in [0.2, 0.25) is 0 Å². The molecule has 1 N–H and O–H groups in total. The third-order valence-corrected chi connectivity index (χ3v) is 4.08. The lowest BCUT2D eigenvalue weighted by Crippen LogP contribution is -2.25. The van der Waals surface area contributed by atoms with Crippen LogP contribution >= 0.6 is 0 Å². The fourth-order valence-corrected chi connectivity index (χ4v) is 2.68. The molecule has 1 atom stereocenters. The molecule has 4 heteroatoms. The fourth-order valence-electron chi connectivity index (χ4n) is 2.68. The van der Waals surface area contributed by atoms with Crippen LogP contribution < -0.4 is 5.32 Å². The van der Waals surface area contributed by atoms with Gasteiger partial charge in [-0.2, -0.15) is 13.2 Å². The number of halogens is 3. The van der Waals surface area contributed by atoms with Crippen molar-refractivity contribution in [1.29, 1.82) is 0 Å². The van der Waals surface area contributed by atoms with Gasteiger partial charge < -0.3 is 5.32 Å². The van der Waals surface area contributed by atoms with E-state index < -0.39 is 12.6 Å². The van der Waals surface area contributed by atoms with E-state index in [0.29, 0.717) is 6.42 Å². The second-order valence-corrected chi connectivity index (χ2v) is 6.11. The summed E-state index contributed by atoms with van der Waals surface area (Å²) in [6.07, 6.45) is 8.83. The number of rotatable bonds is 14. The highest BCUT2D eigenvalue weighted by Gasteiger charge is 2.26. The lowest BCUT2D eigenvalue weighted by Gasteiger charge is -2.16. The molecule has 0 aliphatic heterocycles. The van der Waals surface area contributed by atoms with Crippen LogP contribution in [0.5, 0.6) is 0 Å². The van der Waals surface area contributed by atoms with Crippen LogP contribution in [0.4, 0.5) is 13.2 Å². The Kier molecular flexibility index (Phi) is 13.3. The van der Waals surface area contributed by atoms with Crippen molar-refractivity contribution in [3.05, 3.63) is 0 Å². The topological polar surface area (TPSA) is 12.0 Å². The van der Waals surface area contributed by atoms with Crippen molar-refractivity contribution >= 4 is 0 Å². The third kappa shape index (κ3) is 16.0. The SMILES string of the molecule is CCCCCCCCCCCC(CCCC(F)(F)F)NC. The summed E-state index contributed by atoms with van der Waals surface area (Å²) >= 11 is 0. The molecule has 128 valence electrons. The number of alkyl halides is 3. The molecule has 1 unspecified atom stereocenters. The first kappa shape index (κ1) is 20.8. The second-order valence-electron chi connectivity index (χ2n) is 6.11. The van der Waals surface area contributed by atoms with Gasteiger partial charge in [0.05, 0.1) is 0 Å². The number of unbranched alkanes of at least 4 members (excludes halogenated alkanes) is 8. The van der Waals surface area contributed by atoms with Crippen LogP contribution in [0.15, 0.2) is 0 Å². The lowest BCUT2D eigenvalue weighted by atomic mass is 10.0. The van der Waals surface area contributed by atoms with E-state index in [1.54, 1.807) is 0 Å². The van der Waals surface area contributed by atoms with Crippen molar-refractivity contribution in [3.63, 3.8) is 0 Å². The van der Waals surface area contributed by atoms with E-state index in [0.717, 1.165) is 12.8 Å². The van der Waals surface area contributed by atoms with Crippen molar-refractivity contribution in [3.8, 4) is 0 Å². The molecule has 0 aromatic rings. The highest BCUT2D eigenvalue weighted by molar-refractivity contribution is 4.66. The van der Waals surface area contributed by atoms with E-state index in [9.17, 15) is 13.2 Å². The van der Waals surface area contributed by atoms with Gasteiger partial charge in [0.25, 0.3) is 0 Å². The van der Waals surface area contributed by atoms with Gasteiger partial charge in [0.15, 0.2) is 0 Å². The van der Waals surface area contributed by atoms with E-state index in [1.807, 2.05) is 7.05 Å². The van der Waals surface area contributed by atoms with E-state index in [2.05, 4.69) is 12.2 Å². The van der Waals surface area contributed by atoms with Gasteiger partial charge in [0, 0.05) is 12.5 Å². The Hall–Kier alpha value is -0.250. The van der Waals surface area contributed by atoms with E-state index in [1.165, 1.54) is 51.4 Å². The second kappa shape index (κ2) is 13.4. The summed E-state index contributed by atoms with van der Waals surface area (Å²) in [6.45, 7) is 2.23. The van der Waals surface area contributed by atoms with Crippen LogP contribution in [0.25, 0.3) is 0 Å². The average Bonchev–Trinajstić information content (AvgIpc) is 2.42.